The Bertz CT molecular complexity index is 1830. The first kappa shape index (κ1) is 37.2. The highest BCUT2D eigenvalue weighted by Crippen LogP contribution is 2.45. The molecule has 1 unspecified atom stereocenters. The summed E-state index contributed by atoms with van der Waals surface area (Å²) < 4.78 is 12.9. The zero-order valence-electron chi connectivity index (χ0n) is 31.9. The van der Waals surface area contributed by atoms with Crippen molar-refractivity contribution in [3.8, 4) is 11.1 Å². The van der Waals surface area contributed by atoms with Gasteiger partial charge in [0.25, 0.3) is 5.91 Å². The van der Waals surface area contributed by atoms with Crippen LogP contribution in [0.25, 0.3) is 11.1 Å². The van der Waals surface area contributed by atoms with E-state index in [4.69, 9.17) is 14.3 Å². The maximum Gasteiger partial charge on any atom is 0.410 e. The summed E-state index contributed by atoms with van der Waals surface area (Å²) in [6, 6.07) is 25.0. The Labute approximate surface area is 324 Å². The Hall–Kier alpha value is -4.70. The SMILES string of the molecule is CCC[C@H](NC(=O)[C@@H]1C[C@]2(CC(c3ccccc3)=NO2)CN1C(=O)OCC1c2ccccc2-c2ccccc21)C(OC1CCCCCCC1)C(=O)NC1CC1. The lowest BCUT2D eigenvalue weighted by molar-refractivity contribution is -0.142. The molecular formula is C45H54N4O6. The molecular weight excluding hydrogens is 693 g/mol. The van der Waals surface area contributed by atoms with E-state index >= 15 is 0 Å². The van der Waals surface area contributed by atoms with Gasteiger partial charge in [-0.1, -0.05) is 129 Å². The maximum atomic E-state index is 14.6. The van der Waals surface area contributed by atoms with Crippen LogP contribution in [0.4, 0.5) is 4.79 Å². The van der Waals surface area contributed by atoms with E-state index in [0.717, 1.165) is 78.5 Å². The number of nitrogens with one attached hydrogen (secondary N) is 2. The Morgan fingerprint density at radius 2 is 1.53 bits per heavy atom. The Morgan fingerprint density at radius 1 is 0.873 bits per heavy atom. The van der Waals surface area contributed by atoms with Gasteiger partial charge in [0.1, 0.15) is 12.6 Å². The van der Waals surface area contributed by atoms with Crippen LogP contribution in [0, 0.1) is 0 Å². The maximum absolute atomic E-state index is 14.6. The summed E-state index contributed by atoms with van der Waals surface area (Å²) in [6.07, 6.45) is 9.97. The monoisotopic (exact) mass is 746 g/mol. The van der Waals surface area contributed by atoms with Gasteiger partial charge < -0.3 is 24.9 Å². The fraction of sp³-hybridized carbons (Fsp3) is 0.511. The van der Waals surface area contributed by atoms with Crippen LogP contribution in [0.3, 0.4) is 0 Å². The number of hydrogen-bond donors (Lipinski definition) is 2. The molecule has 3 aromatic carbocycles. The van der Waals surface area contributed by atoms with E-state index in [1.165, 1.54) is 24.2 Å². The number of carbonyl (C=O) groups excluding carboxylic acids is 3. The van der Waals surface area contributed by atoms with Gasteiger partial charge in [-0.3, -0.25) is 14.5 Å². The van der Waals surface area contributed by atoms with E-state index in [1.54, 1.807) is 0 Å². The molecule has 3 amide bonds. The highest BCUT2D eigenvalue weighted by atomic mass is 16.7. The van der Waals surface area contributed by atoms with Gasteiger partial charge in [-0.05, 0) is 59.9 Å². The van der Waals surface area contributed by atoms with Crippen molar-refractivity contribution in [2.75, 3.05) is 13.2 Å². The molecule has 3 fully saturated rings. The Morgan fingerprint density at radius 3 is 2.20 bits per heavy atom. The van der Waals surface area contributed by atoms with Crippen molar-refractivity contribution in [2.45, 2.75) is 132 Å². The molecule has 8 rings (SSSR count). The lowest BCUT2D eigenvalue weighted by Gasteiger charge is -2.33. The van der Waals surface area contributed by atoms with Crippen molar-refractivity contribution in [2.24, 2.45) is 5.16 Å². The van der Waals surface area contributed by atoms with Gasteiger partial charge in [0, 0.05) is 24.8 Å². The minimum absolute atomic E-state index is 0.0426. The fourth-order valence-electron chi connectivity index (χ4n) is 9.05. The molecule has 0 aromatic heterocycles. The topological polar surface area (TPSA) is 119 Å². The van der Waals surface area contributed by atoms with E-state index in [2.05, 4.69) is 40.1 Å². The number of amides is 3. The first-order valence-corrected chi connectivity index (χ1v) is 20.6. The second kappa shape index (κ2) is 16.6. The Kier molecular flexibility index (Phi) is 11.2. The third-order valence-corrected chi connectivity index (χ3v) is 12.1. The first-order valence-electron chi connectivity index (χ1n) is 20.6. The number of rotatable bonds is 12. The van der Waals surface area contributed by atoms with Gasteiger partial charge >= 0.3 is 6.09 Å². The van der Waals surface area contributed by atoms with Crippen LogP contribution in [0.2, 0.25) is 0 Å². The highest BCUT2D eigenvalue weighted by molar-refractivity contribution is 6.02. The van der Waals surface area contributed by atoms with Gasteiger partial charge in [0.2, 0.25) is 5.91 Å². The van der Waals surface area contributed by atoms with Gasteiger partial charge in [-0.15, -0.1) is 0 Å². The normalized spacial score (nSPS) is 23.5. The minimum Gasteiger partial charge on any atom is -0.448 e. The molecule has 3 aliphatic carbocycles. The Balaban J connectivity index is 1.03. The van der Waals surface area contributed by atoms with Gasteiger partial charge in [-0.2, -0.15) is 0 Å². The smallest absolute Gasteiger partial charge is 0.410 e. The third kappa shape index (κ3) is 8.30. The molecule has 55 heavy (non-hydrogen) atoms. The summed E-state index contributed by atoms with van der Waals surface area (Å²) in [6.45, 7) is 2.33. The molecule has 0 radical (unpaired) electrons. The molecule has 0 bridgehead atoms. The predicted molar refractivity (Wildman–Crippen MR) is 211 cm³/mol. The van der Waals surface area contributed by atoms with Crippen molar-refractivity contribution < 1.29 is 28.7 Å². The van der Waals surface area contributed by atoms with Gasteiger partial charge in [0.05, 0.1) is 24.4 Å². The van der Waals surface area contributed by atoms with Crippen LogP contribution >= 0.6 is 0 Å². The second-order valence-electron chi connectivity index (χ2n) is 16.2. The highest BCUT2D eigenvalue weighted by Gasteiger charge is 2.55. The molecule has 4 atom stereocenters. The zero-order valence-corrected chi connectivity index (χ0v) is 31.9. The summed E-state index contributed by atoms with van der Waals surface area (Å²) in [5.74, 6) is -0.633. The van der Waals surface area contributed by atoms with Gasteiger partial charge in [-0.25, -0.2) is 4.79 Å². The molecule has 10 nitrogen and oxygen atoms in total. The number of likely N-dealkylation sites (tertiary alicyclic amines) is 1. The summed E-state index contributed by atoms with van der Waals surface area (Å²) in [7, 11) is 0. The van der Waals surface area contributed by atoms with Crippen LogP contribution in [-0.4, -0.2) is 77.6 Å². The van der Waals surface area contributed by atoms with Gasteiger partial charge in [0.15, 0.2) is 11.7 Å². The first-order chi connectivity index (χ1) is 26.9. The molecule has 1 saturated heterocycles. The number of carbonyl (C=O) groups is 3. The minimum atomic E-state index is -0.895. The molecule has 3 aromatic rings. The summed E-state index contributed by atoms with van der Waals surface area (Å²) in [5.41, 5.74) is 5.35. The van der Waals surface area contributed by atoms with E-state index in [-0.39, 0.29) is 49.5 Å². The summed E-state index contributed by atoms with van der Waals surface area (Å²) in [4.78, 5) is 50.5. The predicted octanol–water partition coefficient (Wildman–Crippen LogP) is 7.63. The average molecular weight is 747 g/mol. The number of benzene rings is 3. The molecule has 5 aliphatic rings. The number of ether oxygens (including phenoxy) is 2. The fourth-order valence-corrected chi connectivity index (χ4v) is 9.05. The molecule has 290 valence electrons. The van der Waals surface area contributed by atoms with Crippen LogP contribution in [0.1, 0.15) is 113 Å². The van der Waals surface area contributed by atoms with Crippen molar-refractivity contribution in [1.29, 1.82) is 0 Å². The van der Waals surface area contributed by atoms with Crippen LogP contribution in [0.5, 0.6) is 0 Å². The molecule has 10 heteroatoms. The van der Waals surface area contributed by atoms with E-state index < -0.39 is 29.9 Å². The van der Waals surface area contributed by atoms with E-state index in [0.29, 0.717) is 12.8 Å². The third-order valence-electron chi connectivity index (χ3n) is 12.1. The van der Waals surface area contributed by atoms with E-state index in [9.17, 15) is 14.4 Å². The molecule has 1 spiro atoms. The molecule has 2 saturated carbocycles. The number of nitrogens with zero attached hydrogens (tertiary/aromatic N) is 2. The van der Waals surface area contributed by atoms with Crippen molar-refractivity contribution in [1.82, 2.24) is 15.5 Å². The average Bonchev–Trinajstić information content (AvgIpc) is 3.65. The summed E-state index contributed by atoms with van der Waals surface area (Å²) in [5, 5.41) is 10.9. The summed E-state index contributed by atoms with van der Waals surface area (Å²) >= 11 is 0. The van der Waals surface area contributed by atoms with Crippen LogP contribution in [-0.2, 0) is 23.9 Å². The van der Waals surface area contributed by atoms with Crippen molar-refractivity contribution in [3.05, 3.63) is 95.6 Å². The number of oxime groups is 1. The zero-order chi connectivity index (χ0) is 37.8. The van der Waals surface area contributed by atoms with Crippen LogP contribution < -0.4 is 10.6 Å². The number of fused-ring (bicyclic) bond motifs is 3. The number of hydrogen-bond acceptors (Lipinski definition) is 7. The lowest BCUT2D eigenvalue weighted by atomic mass is 9.91. The standard InChI is InChI=1S/C45H54N4O6/c1-2-15-38(41(43(51)46-31-24-25-31)54-32-18-9-4-3-5-10-19-32)47-42(50)40-27-45(26-39(48-55-45)30-16-7-6-8-17-30)29-49(40)44(52)53-28-37-35-22-13-11-20-33(35)34-21-12-14-23-36(34)37/h6-8,11-14,16-17,20-23,31-32,37-38,40-41H,2-5,9-10,15,18-19,24-29H2,1H3,(H,46,51)(H,47,50)/t38-,40-,41?,45+/m0/s1. The molecule has 2 heterocycles. The second-order valence-corrected chi connectivity index (χ2v) is 16.2. The molecule has 2 aliphatic heterocycles. The van der Waals surface area contributed by atoms with Crippen LogP contribution in [0.15, 0.2) is 84.0 Å². The largest absolute Gasteiger partial charge is 0.448 e. The van der Waals surface area contributed by atoms with Crippen molar-refractivity contribution >= 4 is 23.6 Å². The molecule has 2 N–H and O–H groups in total. The quantitative estimate of drug-likeness (QED) is 0.197. The lowest BCUT2D eigenvalue weighted by Crippen LogP contribution is -2.56. The van der Waals surface area contributed by atoms with E-state index in [1.807, 2.05) is 61.5 Å². The van der Waals surface area contributed by atoms with Crippen molar-refractivity contribution in [3.63, 3.8) is 0 Å².